The molecule has 1 rings (SSSR count). The number of aromatic nitrogens is 1. The summed E-state index contributed by atoms with van der Waals surface area (Å²) in [5, 5.41) is 11.6. The predicted molar refractivity (Wildman–Crippen MR) is 102 cm³/mol. The van der Waals surface area contributed by atoms with Crippen LogP contribution < -0.4 is 5.32 Å². The van der Waals surface area contributed by atoms with Crippen molar-refractivity contribution in [1.82, 2.24) is 10.3 Å². The number of aliphatic hydroxyl groups excluding tert-OH is 1. The number of carbonyl (C=O) groups is 1. The quantitative estimate of drug-likeness (QED) is 0.347. The average molecular weight is 399 g/mol. The van der Waals surface area contributed by atoms with E-state index in [9.17, 15) is 4.79 Å². The summed E-state index contributed by atoms with van der Waals surface area (Å²) in [4.78, 5) is 15.9. The Balaban J connectivity index is 1.87. The maximum atomic E-state index is 11.9. The largest absolute Gasteiger partial charge is 0.396 e. The summed E-state index contributed by atoms with van der Waals surface area (Å²) in [6.45, 7) is 1.07. The highest BCUT2D eigenvalue weighted by Crippen LogP contribution is 2.11. The van der Waals surface area contributed by atoms with Gasteiger partial charge < -0.3 is 10.4 Å². The van der Waals surface area contributed by atoms with Crippen molar-refractivity contribution in [3.05, 3.63) is 28.5 Å². The highest BCUT2D eigenvalue weighted by Gasteiger charge is 2.04. The van der Waals surface area contributed by atoms with Crippen LogP contribution in [0.1, 0.15) is 81.0 Å². The summed E-state index contributed by atoms with van der Waals surface area (Å²) in [7, 11) is 0. The molecule has 0 aliphatic heterocycles. The third kappa shape index (κ3) is 10.8. The number of nitrogens with zero attached hydrogens (tertiary/aromatic N) is 1. The minimum Gasteiger partial charge on any atom is -0.396 e. The highest BCUT2D eigenvalue weighted by molar-refractivity contribution is 9.10. The number of carbonyl (C=O) groups excluding carboxylic acids is 1. The molecule has 1 aromatic heterocycles. The van der Waals surface area contributed by atoms with Crippen LogP contribution in [-0.2, 0) is 0 Å². The molecule has 0 fully saturated rings. The summed E-state index contributed by atoms with van der Waals surface area (Å²) in [5.41, 5.74) is 0.609. The first-order chi connectivity index (χ1) is 11.7. The Morgan fingerprint density at radius 3 is 1.96 bits per heavy atom. The number of pyridine rings is 1. The van der Waals surface area contributed by atoms with Crippen LogP contribution in [0.3, 0.4) is 0 Å². The molecule has 2 N–H and O–H groups in total. The molecule has 1 aromatic rings. The van der Waals surface area contributed by atoms with Crippen molar-refractivity contribution < 1.29 is 9.90 Å². The summed E-state index contributed by atoms with van der Waals surface area (Å²) in [6, 6.07) is 3.55. The van der Waals surface area contributed by atoms with Gasteiger partial charge in [0.15, 0.2) is 0 Å². The lowest BCUT2D eigenvalue weighted by Crippen LogP contribution is -2.24. The van der Waals surface area contributed by atoms with E-state index in [4.69, 9.17) is 5.11 Å². The van der Waals surface area contributed by atoms with Crippen molar-refractivity contribution in [2.75, 3.05) is 13.2 Å². The van der Waals surface area contributed by atoms with Gasteiger partial charge in [-0.2, -0.15) is 0 Å². The Hall–Kier alpha value is -0.940. The maximum Gasteiger partial charge on any atom is 0.252 e. The average Bonchev–Trinajstić information content (AvgIpc) is 2.59. The van der Waals surface area contributed by atoms with Crippen LogP contribution in [0.15, 0.2) is 22.9 Å². The zero-order valence-electron chi connectivity index (χ0n) is 14.6. The number of nitrogens with one attached hydrogen (secondary N) is 1. The first-order valence-corrected chi connectivity index (χ1v) is 10.0. The van der Waals surface area contributed by atoms with Gasteiger partial charge in [-0.3, -0.25) is 4.79 Å². The van der Waals surface area contributed by atoms with Crippen molar-refractivity contribution in [2.45, 2.75) is 70.6 Å². The fraction of sp³-hybridized carbons (Fsp3) is 0.684. The summed E-state index contributed by atoms with van der Waals surface area (Å²) < 4.78 is 0.740. The topological polar surface area (TPSA) is 62.2 Å². The first-order valence-electron chi connectivity index (χ1n) is 9.24. The van der Waals surface area contributed by atoms with Crippen LogP contribution in [0.5, 0.6) is 0 Å². The van der Waals surface area contributed by atoms with Gasteiger partial charge in [-0.05, 0) is 40.9 Å². The van der Waals surface area contributed by atoms with E-state index in [1.54, 1.807) is 18.3 Å². The second-order valence-corrected chi connectivity index (χ2v) is 7.05. The smallest absolute Gasteiger partial charge is 0.252 e. The van der Waals surface area contributed by atoms with Gasteiger partial charge in [-0.25, -0.2) is 4.98 Å². The lowest BCUT2D eigenvalue weighted by molar-refractivity contribution is 0.0952. The molecule has 0 aliphatic carbocycles. The van der Waals surface area contributed by atoms with Gasteiger partial charge in [0.05, 0.1) is 5.56 Å². The van der Waals surface area contributed by atoms with E-state index in [2.05, 4.69) is 26.2 Å². The molecule has 0 aliphatic rings. The molecule has 0 aromatic carbocycles. The summed E-state index contributed by atoms with van der Waals surface area (Å²) >= 11 is 3.26. The molecule has 136 valence electrons. The second kappa shape index (κ2) is 14.4. The normalized spacial score (nSPS) is 10.8. The molecule has 1 amide bonds. The third-order valence-electron chi connectivity index (χ3n) is 4.11. The number of hydrogen-bond acceptors (Lipinski definition) is 3. The lowest BCUT2D eigenvalue weighted by Gasteiger charge is -2.05. The summed E-state index contributed by atoms with van der Waals surface area (Å²) in [6.07, 6.45) is 15.0. The van der Waals surface area contributed by atoms with Crippen molar-refractivity contribution in [1.29, 1.82) is 0 Å². The molecular formula is C19H31BrN2O2. The third-order valence-corrected chi connectivity index (χ3v) is 4.58. The molecule has 0 bridgehead atoms. The van der Waals surface area contributed by atoms with Gasteiger partial charge >= 0.3 is 0 Å². The number of unbranched alkanes of at least 4 members (excludes halogenated alkanes) is 10. The van der Waals surface area contributed by atoms with Gasteiger partial charge in [-0.1, -0.05) is 57.8 Å². The zero-order valence-corrected chi connectivity index (χ0v) is 16.2. The van der Waals surface area contributed by atoms with E-state index in [-0.39, 0.29) is 5.91 Å². The Morgan fingerprint density at radius 2 is 1.46 bits per heavy atom. The van der Waals surface area contributed by atoms with Crippen LogP contribution in [0, 0.1) is 0 Å². The van der Waals surface area contributed by atoms with Crippen molar-refractivity contribution in [3.8, 4) is 0 Å². The molecule has 24 heavy (non-hydrogen) atoms. The molecule has 0 radical (unpaired) electrons. The molecule has 0 saturated carbocycles. The molecule has 0 unspecified atom stereocenters. The van der Waals surface area contributed by atoms with Crippen LogP contribution in [0.2, 0.25) is 0 Å². The zero-order chi connectivity index (χ0) is 17.5. The first kappa shape index (κ1) is 21.1. The van der Waals surface area contributed by atoms with Gasteiger partial charge in [0.25, 0.3) is 5.91 Å². The molecule has 5 heteroatoms. The number of halogens is 1. The van der Waals surface area contributed by atoms with Gasteiger partial charge in [0.2, 0.25) is 0 Å². The number of rotatable bonds is 14. The Bertz CT molecular complexity index is 437. The fourth-order valence-corrected chi connectivity index (χ4v) is 2.88. The Kier molecular flexibility index (Phi) is 12.7. The predicted octanol–water partition coefficient (Wildman–Crippen LogP) is 4.86. The van der Waals surface area contributed by atoms with E-state index in [0.29, 0.717) is 12.2 Å². The van der Waals surface area contributed by atoms with E-state index in [0.717, 1.165) is 24.0 Å². The Morgan fingerprint density at radius 1 is 0.917 bits per heavy atom. The minimum absolute atomic E-state index is 0.0452. The standard InChI is InChI=1S/C19H31BrN2O2/c20-18-13-12-17(16-22-18)19(24)21-14-10-8-6-4-2-1-3-5-7-9-11-15-23/h12-13,16,23H,1-11,14-15H2,(H,21,24). The lowest BCUT2D eigenvalue weighted by atomic mass is 10.1. The monoisotopic (exact) mass is 398 g/mol. The Labute approximate surface area is 154 Å². The van der Waals surface area contributed by atoms with Crippen molar-refractivity contribution in [3.63, 3.8) is 0 Å². The minimum atomic E-state index is -0.0452. The van der Waals surface area contributed by atoms with E-state index >= 15 is 0 Å². The molecular weight excluding hydrogens is 368 g/mol. The van der Waals surface area contributed by atoms with Gasteiger partial charge in [-0.15, -0.1) is 0 Å². The van der Waals surface area contributed by atoms with Crippen LogP contribution in [-0.4, -0.2) is 29.1 Å². The highest BCUT2D eigenvalue weighted by atomic mass is 79.9. The molecule has 0 spiro atoms. The number of amides is 1. The van der Waals surface area contributed by atoms with Gasteiger partial charge in [0.1, 0.15) is 4.60 Å². The molecule has 4 nitrogen and oxygen atoms in total. The van der Waals surface area contributed by atoms with Crippen LogP contribution >= 0.6 is 15.9 Å². The molecule has 0 atom stereocenters. The SMILES string of the molecule is O=C(NCCCCCCCCCCCCCO)c1ccc(Br)nc1. The second-order valence-electron chi connectivity index (χ2n) is 6.24. The van der Waals surface area contributed by atoms with Crippen LogP contribution in [0.25, 0.3) is 0 Å². The van der Waals surface area contributed by atoms with Gasteiger partial charge in [0, 0.05) is 19.3 Å². The fourth-order valence-electron chi connectivity index (χ4n) is 2.64. The maximum absolute atomic E-state index is 11.9. The molecule has 1 heterocycles. The molecule has 0 saturated heterocycles. The number of hydrogen-bond donors (Lipinski definition) is 2. The van der Waals surface area contributed by atoms with Crippen molar-refractivity contribution in [2.24, 2.45) is 0 Å². The summed E-state index contributed by atoms with van der Waals surface area (Å²) in [5.74, 6) is -0.0452. The number of aliphatic hydroxyl groups is 1. The van der Waals surface area contributed by atoms with Crippen molar-refractivity contribution >= 4 is 21.8 Å². The van der Waals surface area contributed by atoms with E-state index in [1.807, 2.05) is 0 Å². The van der Waals surface area contributed by atoms with E-state index < -0.39 is 0 Å². The van der Waals surface area contributed by atoms with E-state index in [1.165, 1.54) is 57.8 Å². The van der Waals surface area contributed by atoms with Crippen LogP contribution in [0.4, 0.5) is 0 Å².